The van der Waals surface area contributed by atoms with Gasteiger partial charge in [0.1, 0.15) is 60.3 Å². The molecule has 0 radical (unpaired) electrons. The molecule has 2 aliphatic heterocycles. The van der Waals surface area contributed by atoms with Gasteiger partial charge in [0.15, 0.2) is 0 Å². The topological polar surface area (TPSA) is 223 Å². The molecule has 40 heavy (non-hydrogen) atoms. The van der Waals surface area contributed by atoms with Crippen molar-refractivity contribution in [2.75, 3.05) is 13.2 Å². The van der Waals surface area contributed by atoms with Crippen LogP contribution in [-0.4, -0.2) is 128 Å². The Balaban J connectivity index is 1.45. The summed E-state index contributed by atoms with van der Waals surface area (Å²) in [6.07, 6.45) is -11.7. The van der Waals surface area contributed by atoms with Gasteiger partial charge in [0.05, 0.1) is 25.6 Å². The van der Waals surface area contributed by atoms with Crippen LogP contribution >= 0.6 is 0 Å². The fourth-order valence-corrected chi connectivity index (χ4v) is 4.16. The Morgan fingerprint density at radius 2 is 0.950 bits per heavy atom. The van der Waals surface area contributed by atoms with Crippen molar-refractivity contribution >= 4 is 12.4 Å². The molecule has 0 aromatic heterocycles. The number of ether oxygens (including phenoxy) is 4. The van der Waals surface area contributed by atoms with Crippen LogP contribution < -0.4 is 9.47 Å². The predicted octanol–water partition coefficient (Wildman–Crippen LogP) is -2.50. The summed E-state index contributed by atoms with van der Waals surface area (Å²) in [5.41, 5.74) is 0.866. The minimum atomic E-state index is -1.59. The molecular weight excluding hydrogens is 532 g/mol. The maximum atomic E-state index is 10.3. The SMILES string of the molecule is OC[C@H]1O[C@@H](Oc2ccccc2/C=N/N=C/c2ccccc2O[C@@H]2O[C@H](CO)[C@H](O)[C@H](O)[C@H]2O)[C@H](O)[C@@H](O)[C@H]1O. The number of nitrogens with zero attached hydrogens (tertiary/aromatic N) is 2. The van der Waals surface area contributed by atoms with E-state index < -0.39 is 74.6 Å². The van der Waals surface area contributed by atoms with Crippen molar-refractivity contribution in [1.29, 1.82) is 0 Å². The average molecular weight is 565 g/mol. The fraction of sp³-hybridized carbons (Fsp3) is 0.462. The standard InChI is InChI=1S/C26H32N2O12/c29-11-17-19(31)21(33)23(35)25(39-17)37-15-7-3-1-5-13(15)9-27-28-10-14-6-2-4-8-16(14)38-26-24(36)22(34)20(32)18(12-30)40-26/h1-10,17-26,29-36H,11-12H2/b27-9+,28-10+/t17-,18-,19+,20+,21+,22+,23-,24-,25-,26-/m1/s1. The lowest BCUT2D eigenvalue weighted by molar-refractivity contribution is -0.277. The van der Waals surface area contributed by atoms with Gasteiger partial charge in [0.2, 0.25) is 12.6 Å². The van der Waals surface area contributed by atoms with E-state index in [1.807, 2.05) is 0 Å². The van der Waals surface area contributed by atoms with Gasteiger partial charge in [-0.15, -0.1) is 0 Å². The van der Waals surface area contributed by atoms with Gasteiger partial charge in [0.25, 0.3) is 0 Å². The second kappa shape index (κ2) is 13.6. The monoisotopic (exact) mass is 564 g/mol. The molecule has 2 heterocycles. The first kappa shape index (κ1) is 30.0. The third kappa shape index (κ3) is 6.64. The molecule has 2 fully saturated rings. The van der Waals surface area contributed by atoms with E-state index in [0.717, 1.165) is 0 Å². The number of hydrogen-bond acceptors (Lipinski definition) is 14. The van der Waals surface area contributed by atoms with Crippen LogP contribution in [0, 0.1) is 0 Å². The molecule has 2 aliphatic rings. The van der Waals surface area contributed by atoms with Crippen LogP contribution in [0.1, 0.15) is 11.1 Å². The van der Waals surface area contributed by atoms with Gasteiger partial charge in [-0.1, -0.05) is 24.3 Å². The third-order valence-electron chi connectivity index (χ3n) is 6.48. The lowest BCUT2D eigenvalue weighted by atomic mass is 9.99. The molecule has 0 unspecified atom stereocenters. The summed E-state index contributed by atoms with van der Waals surface area (Å²) in [4.78, 5) is 0. The second-order valence-electron chi connectivity index (χ2n) is 9.20. The molecule has 0 saturated carbocycles. The van der Waals surface area contributed by atoms with Crippen molar-refractivity contribution in [2.24, 2.45) is 10.2 Å². The normalized spacial score (nSPS) is 34.8. The van der Waals surface area contributed by atoms with Crippen LogP contribution in [0.4, 0.5) is 0 Å². The maximum absolute atomic E-state index is 10.3. The largest absolute Gasteiger partial charge is 0.461 e. The average Bonchev–Trinajstić information content (AvgIpc) is 2.97. The van der Waals surface area contributed by atoms with Crippen LogP contribution in [0.2, 0.25) is 0 Å². The highest BCUT2D eigenvalue weighted by Crippen LogP contribution is 2.27. The molecule has 14 heteroatoms. The lowest BCUT2D eigenvalue weighted by Crippen LogP contribution is -2.60. The number of aliphatic hydroxyl groups is 8. The Morgan fingerprint density at radius 3 is 1.32 bits per heavy atom. The van der Waals surface area contributed by atoms with Crippen molar-refractivity contribution in [3.8, 4) is 11.5 Å². The predicted molar refractivity (Wildman–Crippen MR) is 137 cm³/mol. The first-order valence-corrected chi connectivity index (χ1v) is 12.4. The Kier molecular flexibility index (Phi) is 10.2. The Morgan fingerprint density at radius 1 is 0.575 bits per heavy atom. The van der Waals surface area contributed by atoms with Gasteiger partial charge in [-0.25, -0.2) is 0 Å². The van der Waals surface area contributed by atoms with Gasteiger partial charge >= 0.3 is 0 Å². The summed E-state index contributed by atoms with van der Waals surface area (Å²) in [6.45, 7) is -1.19. The molecule has 0 bridgehead atoms. The van der Waals surface area contributed by atoms with E-state index in [-0.39, 0.29) is 11.5 Å². The quantitative estimate of drug-likeness (QED) is 0.117. The van der Waals surface area contributed by atoms with Crippen LogP contribution in [0.25, 0.3) is 0 Å². The van der Waals surface area contributed by atoms with Crippen LogP contribution in [0.3, 0.4) is 0 Å². The molecule has 0 aliphatic carbocycles. The molecule has 14 nitrogen and oxygen atoms in total. The highest BCUT2D eigenvalue weighted by Gasteiger charge is 2.46. The molecule has 0 spiro atoms. The maximum Gasteiger partial charge on any atom is 0.229 e. The van der Waals surface area contributed by atoms with E-state index in [1.165, 1.54) is 12.4 Å². The van der Waals surface area contributed by atoms with Crippen molar-refractivity contribution in [3.05, 3.63) is 59.7 Å². The van der Waals surface area contributed by atoms with E-state index in [2.05, 4.69) is 10.2 Å². The fourth-order valence-electron chi connectivity index (χ4n) is 4.16. The van der Waals surface area contributed by atoms with Gasteiger partial charge in [0, 0.05) is 11.1 Å². The zero-order valence-corrected chi connectivity index (χ0v) is 21.1. The molecule has 2 aromatic rings. The number of para-hydroxylation sites is 2. The van der Waals surface area contributed by atoms with E-state index >= 15 is 0 Å². The zero-order chi connectivity index (χ0) is 28.8. The zero-order valence-electron chi connectivity index (χ0n) is 21.1. The molecule has 4 rings (SSSR count). The first-order valence-electron chi connectivity index (χ1n) is 12.4. The van der Waals surface area contributed by atoms with E-state index in [0.29, 0.717) is 11.1 Å². The van der Waals surface area contributed by atoms with Gasteiger partial charge in [-0.2, -0.15) is 10.2 Å². The van der Waals surface area contributed by atoms with E-state index in [9.17, 15) is 40.9 Å². The molecule has 2 saturated heterocycles. The van der Waals surface area contributed by atoms with Gasteiger partial charge in [-0.3, -0.25) is 0 Å². The van der Waals surface area contributed by atoms with Crippen molar-refractivity contribution < 1.29 is 59.8 Å². The summed E-state index contributed by atoms with van der Waals surface area (Å²) >= 11 is 0. The van der Waals surface area contributed by atoms with Gasteiger partial charge in [-0.05, 0) is 24.3 Å². The second-order valence-corrected chi connectivity index (χ2v) is 9.20. The van der Waals surface area contributed by atoms with Crippen LogP contribution in [0.5, 0.6) is 11.5 Å². The lowest BCUT2D eigenvalue weighted by Gasteiger charge is -2.39. The summed E-state index contributed by atoms with van der Waals surface area (Å²) < 4.78 is 22.2. The van der Waals surface area contributed by atoms with Crippen LogP contribution in [-0.2, 0) is 9.47 Å². The summed E-state index contributed by atoms with van der Waals surface area (Å²) in [5.74, 6) is 0.439. The molecule has 8 N–H and O–H groups in total. The molecular formula is C26H32N2O12. The van der Waals surface area contributed by atoms with E-state index in [4.69, 9.17) is 18.9 Å². The first-order chi connectivity index (χ1) is 19.2. The number of rotatable bonds is 9. The van der Waals surface area contributed by atoms with Crippen molar-refractivity contribution in [1.82, 2.24) is 0 Å². The Bertz CT molecular complexity index is 1070. The minimum Gasteiger partial charge on any atom is -0.461 e. The summed E-state index contributed by atoms with van der Waals surface area (Å²) in [7, 11) is 0. The Hall–Kier alpha value is -3.02. The highest BCUT2D eigenvalue weighted by molar-refractivity contribution is 5.86. The highest BCUT2D eigenvalue weighted by atomic mass is 16.7. The minimum absolute atomic E-state index is 0.220. The Labute approximate surface area is 228 Å². The number of hydrogen-bond donors (Lipinski definition) is 8. The van der Waals surface area contributed by atoms with Crippen molar-refractivity contribution in [2.45, 2.75) is 61.4 Å². The van der Waals surface area contributed by atoms with Crippen LogP contribution in [0.15, 0.2) is 58.7 Å². The molecule has 0 amide bonds. The van der Waals surface area contributed by atoms with Gasteiger partial charge < -0.3 is 59.8 Å². The molecule has 218 valence electrons. The molecule has 2 aromatic carbocycles. The number of benzene rings is 2. The summed E-state index contributed by atoms with van der Waals surface area (Å²) in [5, 5.41) is 87.2. The summed E-state index contributed by atoms with van der Waals surface area (Å²) in [6, 6.07) is 13.2. The third-order valence-corrected chi connectivity index (χ3v) is 6.48. The van der Waals surface area contributed by atoms with Crippen molar-refractivity contribution in [3.63, 3.8) is 0 Å². The number of aliphatic hydroxyl groups excluding tert-OH is 8. The smallest absolute Gasteiger partial charge is 0.229 e. The molecule has 10 atom stereocenters. The van der Waals surface area contributed by atoms with E-state index in [1.54, 1.807) is 48.5 Å².